The lowest BCUT2D eigenvalue weighted by atomic mass is 10.1. The van der Waals surface area contributed by atoms with Gasteiger partial charge in [0.15, 0.2) is 9.84 Å². The first-order chi connectivity index (χ1) is 9.95. The lowest BCUT2D eigenvalue weighted by molar-refractivity contribution is -0.130. The molecule has 0 unspecified atom stereocenters. The molecular formula is C14H15FN2O3S. The molecule has 1 aliphatic rings. The third kappa shape index (κ3) is 3.39. The predicted molar refractivity (Wildman–Crippen MR) is 73.4 cm³/mol. The summed E-state index contributed by atoms with van der Waals surface area (Å²) in [5.41, 5.74) is 0. The van der Waals surface area contributed by atoms with Crippen LogP contribution < -0.4 is 0 Å². The number of halogens is 1. The first kappa shape index (κ1) is 15.4. The van der Waals surface area contributed by atoms with Gasteiger partial charge in [0.1, 0.15) is 12.2 Å². The maximum atomic E-state index is 12.9. The summed E-state index contributed by atoms with van der Waals surface area (Å²) < 4.78 is 37.7. The number of carbonyl (C=O) groups excluding carboxylic acids is 1. The molecule has 1 heterocycles. The number of hydrogen-bond donors (Lipinski definition) is 0. The van der Waals surface area contributed by atoms with Crippen molar-refractivity contribution in [2.75, 3.05) is 13.1 Å². The highest BCUT2D eigenvalue weighted by Crippen LogP contribution is 2.25. The Morgan fingerprint density at radius 1 is 1.29 bits per heavy atom. The zero-order chi connectivity index (χ0) is 15.5. The Hall–Kier alpha value is -1.94. The Bertz CT molecular complexity index is 656. The van der Waals surface area contributed by atoms with Gasteiger partial charge in [-0.2, -0.15) is 5.26 Å². The van der Waals surface area contributed by atoms with Crippen molar-refractivity contribution in [3.05, 3.63) is 30.1 Å². The molecule has 1 aromatic carbocycles. The summed E-state index contributed by atoms with van der Waals surface area (Å²) in [6, 6.07) is 6.56. The monoisotopic (exact) mass is 310 g/mol. The second-order valence-electron chi connectivity index (χ2n) is 4.91. The Morgan fingerprint density at radius 3 is 2.38 bits per heavy atom. The van der Waals surface area contributed by atoms with Gasteiger partial charge in [0.2, 0.25) is 5.91 Å². The SMILES string of the molecule is N#CCC(=O)N1CCC(S(=O)(=O)c2ccc(F)cc2)CC1. The molecule has 1 aromatic rings. The van der Waals surface area contributed by atoms with Crippen LogP contribution in [-0.2, 0) is 14.6 Å². The quantitative estimate of drug-likeness (QED) is 0.793. The van der Waals surface area contributed by atoms with E-state index in [1.165, 1.54) is 17.0 Å². The van der Waals surface area contributed by atoms with Gasteiger partial charge in [-0.1, -0.05) is 0 Å². The minimum atomic E-state index is -3.51. The average molecular weight is 310 g/mol. The molecule has 112 valence electrons. The summed E-state index contributed by atoms with van der Waals surface area (Å²) in [4.78, 5) is 13.2. The van der Waals surface area contributed by atoms with Gasteiger partial charge in [-0.25, -0.2) is 12.8 Å². The van der Waals surface area contributed by atoms with E-state index in [9.17, 15) is 17.6 Å². The number of benzene rings is 1. The molecule has 2 rings (SSSR count). The van der Waals surface area contributed by atoms with Crippen LogP contribution in [0.2, 0.25) is 0 Å². The van der Waals surface area contributed by atoms with Crippen LogP contribution in [0.1, 0.15) is 19.3 Å². The first-order valence-electron chi connectivity index (χ1n) is 6.59. The van der Waals surface area contributed by atoms with Crippen molar-refractivity contribution in [3.63, 3.8) is 0 Å². The fourth-order valence-electron chi connectivity index (χ4n) is 2.41. The van der Waals surface area contributed by atoms with Crippen LogP contribution in [0, 0.1) is 17.1 Å². The van der Waals surface area contributed by atoms with Gasteiger partial charge < -0.3 is 4.90 Å². The molecule has 1 amide bonds. The molecular weight excluding hydrogens is 295 g/mol. The van der Waals surface area contributed by atoms with E-state index in [1.54, 1.807) is 6.07 Å². The Balaban J connectivity index is 2.06. The normalized spacial score (nSPS) is 16.5. The number of carbonyl (C=O) groups is 1. The molecule has 1 fully saturated rings. The molecule has 0 saturated carbocycles. The minimum Gasteiger partial charge on any atom is -0.342 e. The van der Waals surface area contributed by atoms with E-state index in [2.05, 4.69) is 0 Å². The van der Waals surface area contributed by atoms with Crippen molar-refractivity contribution >= 4 is 15.7 Å². The Morgan fingerprint density at radius 2 is 1.86 bits per heavy atom. The topological polar surface area (TPSA) is 78.2 Å². The molecule has 5 nitrogen and oxygen atoms in total. The predicted octanol–water partition coefficient (Wildman–Crippen LogP) is 1.50. The highest BCUT2D eigenvalue weighted by atomic mass is 32.2. The number of rotatable bonds is 3. The van der Waals surface area contributed by atoms with Gasteiger partial charge in [0.05, 0.1) is 16.2 Å². The maximum absolute atomic E-state index is 12.9. The standard InChI is InChI=1S/C14H15FN2O3S/c15-11-1-3-12(4-2-11)21(19,20)13-6-9-17(10-7-13)14(18)5-8-16/h1-4,13H,5-7,9-10H2. The first-order valence-corrected chi connectivity index (χ1v) is 8.14. The fourth-order valence-corrected chi connectivity index (χ4v) is 4.14. The lowest BCUT2D eigenvalue weighted by Crippen LogP contribution is -2.42. The highest BCUT2D eigenvalue weighted by Gasteiger charge is 2.32. The molecule has 1 aliphatic heterocycles. The molecule has 7 heteroatoms. The van der Waals surface area contributed by atoms with Gasteiger partial charge in [-0.3, -0.25) is 4.79 Å². The van der Waals surface area contributed by atoms with Crippen molar-refractivity contribution in [1.82, 2.24) is 4.90 Å². The molecule has 0 atom stereocenters. The van der Waals surface area contributed by atoms with Gasteiger partial charge in [-0.05, 0) is 37.1 Å². The largest absolute Gasteiger partial charge is 0.342 e. The van der Waals surface area contributed by atoms with Crippen LogP contribution in [0.4, 0.5) is 4.39 Å². The Kier molecular flexibility index (Phi) is 4.58. The van der Waals surface area contributed by atoms with E-state index in [0.717, 1.165) is 12.1 Å². The lowest BCUT2D eigenvalue weighted by Gasteiger charge is -2.31. The van der Waals surface area contributed by atoms with Crippen LogP contribution in [0.25, 0.3) is 0 Å². The van der Waals surface area contributed by atoms with E-state index in [-0.39, 0.29) is 17.2 Å². The maximum Gasteiger partial charge on any atom is 0.236 e. The van der Waals surface area contributed by atoms with Crippen molar-refractivity contribution < 1.29 is 17.6 Å². The van der Waals surface area contributed by atoms with E-state index in [1.807, 2.05) is 0 Å². The van der Waals surface area contributed by atoms with Gasteiger partial charge in [-0.15, -0.1) is 0 Å². The van der Waals surface area contributed by atoms with Crippen LogP contribution in [0.15, 0.2) is 29.2 Å². The zero-order valence-corrected chi connectivity index (χ0v) is 12.1. The summed E-state index contributed by atoms with van der Waals surface area (Å²) in [7, 11) is -3.51. The smallest absolute Gasteiger partial charge is 0.236 e. The minimum absolute atomic E-state index is 0.103. The van der Waals surface area contributed by atoms with Crippen LogP contribution >= 0.6 is 0 Å². The number of piperidine rings is 1. The second-order valence-corrected chi connectivity index (χ2v) is 7.14. The van der Waals surface area contributed by atoms with Crippen molar-refractivity contribution in [2.45, 2.75) is 29.4 Å². The number of sulfone groups is 1. The van der Waals surface area contributed by atoms with E-state index in [4.69, 9.17) is 5.26 Å². The molecule has 0 aliphatic carbocycles. The van der Waals surface area contributed by atoms with E-state index < -0.39 is 20.9 Å². The summed E-state index contributed by atoms with van der Waals surface area (Å²) >= 11 is 0. The summed E-state index contributed by atoms with van der Waals surface area (Å²) in [5.74, 6) is -0.749. The number of likely N-dealkylation sites (tertiary alicyclic amines) is 1. The van der Waals surface area contributed by atoms with E-state index >= 15 is 0 Å². The highest BCUT2D eigenvalue weighted by molar-refractivity contribution is 7.92. The van der Waals surface area contributed by atoms with E-state index in [0.29, 0.717) is 25.9 Å². The summed E-state index contributed by atoms with van der Waals surface area (Å²) in [5, 5.41) is 7.92. The molecule has 0 radical (unpaired) electrons. The van der Waals surface area contributed by atoms with Crippen LogP contribution in [0.3, 0.4) is 0 Å². The molecule has 0 spiro atoms. The Labute approximate surface area is 122 Å². The molecule has 0 N–H and O–H groups in total. The summed E-state index contributed by atoms with van der Waals surface area (Å²) in [6.07, 6.45) is 0.475. The van der Waals surface area contributed by atoms with Crippen LogP contribution in [-0.4, -0.2) is 37.6 Å². The average Bonchev–Trinajstić information content (AvgIpc) is 2.48. The van der Waals surface area contributed by atoms with Crippen LogP contribution in [0.5, 0.6) is 0 Å². The van der Waals surface area contributed by atoms with Gasteiger partial charge in [0.25, 0.3) is 0 Å². The van der Waals surface area contributed by atoms with Gasteiger partial charge in [0, 0.05) is 13.1 Å². The van der Waals surface area contributed by atoms with Crippen molar-refractivity contribution in [1.29, 1.82) is 5.26 Å². The fraction of sp³-hybridized carbons (Fsp3) is 0.429. The van der Waals surface area contributed by atoms with Crippen molar-refractivity contribution in [2.24, 2.45) is 0 Å². The molecule has 0 aromatic heterocycles. The molecule has 0 bridgehead atoms. The third-order valence-corrected chi connectivity index (χ3v) is 5.88. The molecule has 21 heavy (non-hydrogen) atoms. The second kappa shape index (κ2) is 6.22. The summed E-state index contributed by atoms with van der Waals surface area (Å²) in [6.45, 7) is 0.650. The number of amides is 1. The third-order valence-electron chi connectivity index (χ3n) is 3.61. The van der Waals surface area contributed by atoms with Crippen molar-refractivity contribution in [3.8, 4) is 6.07 Å². The van der Waals surface area contributed by atoms with Gasteiger partial charge >= 0.3 is 0 Å². The number of nitrogens with zero attached hydrogens (tertiary/aromatic N) is 2. The zero-order valence-electron chi connectivity index (χ0n) is 11.3. The number of hydrogen-bond acceptors (Lipinski definition) is 4. The number of nitriles is 1. The molecule has 1 saturated heterocycles.